The smallest absolute Gasteiger partial charge is 0.360 e. The van der Waals surface area contributed by atoms with Gasteiger partial charge in [0.1, 0.15) is 5.69 Å². The molecule has 1 aromatic carbocycles. The standard InChI is InChI=1S/C16H13F3N6O/c17-16(18,19)11-3-1-2-10(4-11)6-24-7-12(5-23-24)25-9-22-13-14(25)20-8-21-15(13)26/h1-5,7-8,22H,6,9H2,(H,20,21,26). The van der Waals surface area contributed by atoms with E-state index in [2.05, 4.69) is 20.4 Å². The SMILES string of the molecule is O=c1[nH]cnc2c1NCN2c1cnn(Cc2cccc(C(F)(F)F)c2)c1. The van der Waals surface area contributed by atoms with Crippen LogP contribution in [-0.4, -0.2) is 26.4 Å². The lowest BCUT2D eigenvalue weighted by Gasteiger charge is -2.13. The van der Waals surface area contributed by atoms with Crippen molar-refractivity contribution in [1.29, 1.82) is 0 Å². The Morgan fingerprint density at radius 3 is 2.92 bits per heavy atom. The summed E-state index contributed by atoms with van der Waals surface area (Å²) in [6.45, 7) is 0.547. The molecule has 0 radical (unpaired) electrons. The molecule has 7 nitrogen and oxygen atoms in total. The van der Waals surface area contributed by atoms with Crippen molar-refractivity contribution in [1.82, 2.24) is 19.7 Å². The van der Waals surface area contributed by atoms with Crippen LogP contribution in [0.4, 0.5) is 30.4 Å². The van der Waals surface area contributed by atoms with Crippen molar-refractivity contribution in [2.75, 3.05) is 16.9 Å². The van der Waals surface area contributed by atoms with Gasteiger partial charge in [0, 0.05) is 6.20 Å². The maximum Gasteiger partial charge on any atom is 0.416 e. The number of anilines is 3. The summed E-state index contributed by atoms with van der Waals surface area (Å²) in [5, 5.41) is 7.15. The maximum absolute atomic E-state index is 12.8. The van der Waals surface area contributed by atoms with Crippen molar-refractivity contribution in [3.8, 4) is 0 Å². The van der Waals surface area contributed by atoms with Crippen molar-refractivity contribution in [2.24, 2.45) is 0 Å². The second-order valence-corrected chi connectivity index (χ2v) is 5.79. The van der Waals surface area contributed by atoms with Gasteiger partial charge in [-0.3, -0.25) is 9.48 Å². The van der Waals surface area contributed by atoms with E-state index in [4.69, 9.17) is 0 Å². The molecular weight excluding hydrogens is 349 g/mol. The number of hydrogen-bond donors (Lipinski definition) is 2. The van der Waals surface area contributed by atoms with Crippen molar-refractivity contribution in [2.45, 2.75) is 12.7 Å². The first kappa shape index (κ1) is 16.2. The monoisotopic (exact) mass is 362 g/mol. The van der Waals surface area contributed by atoms with Gasteiger partial charge < -0.3 is 15.2 Å². The highest BCUT2D eigenvalue weighted by Crippen LogP contribution is 2.32. The Bertz CT molecular complexity index is 1010. The summed E-state index contributed by atoms with van der Waals surface area (Å²) in [6, 6.07) is 5.13. The first-order valence-electron chi connectivity index (χ1n) is 7.69. The van der Waals surface area contributed by atoms with Gasteiger partial charge in [-0.15, -0.1) is 0 Å². The third-order valence-electron chi connectivity index (χ3n) is 4.03. The maximum atomic E-state index is 12.8. The first-order chi connectivity index (χ1) is 12.4. The average molecular weight is 362 g/mol. The summed E-state index contributed by atoms with van der Waals surface area (Å²) in [4.78, 5) is 20.2. The number of hydrogen-bond acceptors (Lipinski definition) is 5. The highest BCUT2D eigenvalue weighted by molar-refractivity contribution is 5.76. The van der Waals surface area contributed by atoms with Crippen molar-refractivity contribution >= 4 is 17.2 Å². The van der Waals surface area contributed by atoms with Crippen LogP contribution in [0.1, 0.15) is 11.1 Å². The fourth-order valence-electron chi connectivity index (χ4n) is 2.81. The number of nitrogens with one attached hydrogen (secondary N) is 2. The second kappa shape index (κ2) is 5.90. The lowest BCUT2D eigenvalue weighted by molar-refractivity contribution is -0.137. The van der Waals surface area contributed by atoms with Gasteiger partial charge in [-0.2, -0.15) is 18.3 Å². The molecule has 0 amide bonds. The molecule has 10 heteroatoms. The lowest BCUT2D eigenvalue weighted by Crippen LogP contribution is -2.16. The largest absolute Gasteiger partial charge is 0.416 e. The number of nitrogens with zero attached hydrogens (tertiary/aromatic N) is 4. The van der Waals surface area contributed by atoms with E-state index in [-0.39, 0.29) is 12.1 Å². The van der Waals surface area contributed by atoms with Gasteiger partial charge in [0.15, 0.2) is 5.82 Å². The summed E-state index contributed by atoms with van der Waals surface area (Å²) >= 11 is 0. The molecule has 0 bridgehead atoms. The molecule has 0 saturated heterocycles. The molecule has 0 fully saturated rings. The Kier molecular flexibility index (Phi) is 3.67. The molecule has 2 aromatic heterocycles. The predicted octanol–water partition coefficient (Wildman–Crippen LogP) is 2.55. The highest BCUT2D eigenvalue weighted by atomic mass is 19.4. The number of benzene rings is 1. The van der Waals surface area contributed by atoms with Gasteiger partial charge >= 0.3 is 6.18 Å². The van der Waals surface area contributed by atoms with E-state index < -0.39 is 11.7 Å². The van der Waals surface area contributed by atoms with E-state index in [9.17, 15) is 18.0 Å². The zero-order valence-corrected chi connectivity index (χ0v) is 13.3. The summed E-state index contributed by atoms with van der Waals surface area (Å²) in [6.07, 6.45) is 0.205. The summed E-state index contributed by atoms with van der Waals surface area (Å²) < 4.78 is 40.0. The van der Waals surface area contributed by atoms with Crippen LogP contribution in [0.15, 0.2) is 47.8 Å². The summed E-state index contributed by atoms with van der Waals surface area (Å²) in [5.41, 5.74) is 0.584. The van der Waals surface area contributed by atoms with Crippen LogP contribution in [0.3, 0.4) is 0 Å². The minimum absolute atomic E-state index is 0.195. The molecule has 0 atom stereocenters. The van der Waals surface area contributed by atoms with Crippen molar-refractivity contribution in [3.05, 3.63) is 64.5 Å². The second-order valence-electron chi connectivity index (χ2n) is 5.79. The Morgan fingerprint density at radius 2 is 2.12 bits per heavy atom. The van der Waals surface area contributed by atoms with Crippen LogP contribution in [0.25, 0.3) is 0 Å². The number of fused-ring (bicyclic) bond motifs is 1. The number of alkyl halides is 3. The average Bonchev–Trinajstić information content (AvgIpc) is 3.22. The molecule has 134 valence electrons. The quantitative estimate of drug-likeness (QED) is 0.749. The van der Waals surface area contributed by atoms with Crippen LogP contribution in [-0.2, 0) is 12.7 Å². The minimum Gasteiger partial charge on any atom is -0.360 e. The van der Waals surface area contributed by atoms with E-state index >= 15 is 0 Å². The molecule has 0 aliphatic carbocycles. The number of H-pyrrole nitrogens is 1. The number of rotatable bonds is 3. The first-order valence-corrected chi connectivity index (χ1v) is 7.69. The molecule has 2 N–H and O–H groups in total. The third kappa shape index (κ3) is 2.89. The Balaban J connectivity index is 1.57. The van der Waals surface area contributed by atoms with Crippen LogP contribution in [0, 0.1) is 0 Å². The highest BCUT2D eigenvalue weighted by Gasteiger charge is 2.30. The van der Waals surface area contributed by atoms with Gasteiger partial charge in [0.25, 0.3) is 5.56 Å². The van der Waals surface area contributed by atoms with Gasteiger partial charge in [0.05, 0.1) is 37.0 Å². The van der Waals surface area contributed by atoms with Gasteiger partial charge in [0.2, 0.25) is 0 Å². The van der Waals surface area contributed by atoms with Crippen molar-refractivity contribution in [3.63, 3.8) is 0 Å². The Morgan fingerprint density at radius 1 is 1.27 bits per heavy atom. The molecule has 0 spiro atoms. The Hall–Kier alpha value is -3.30. The fraction of sp³-hybridized carbons (Fsp3) is 0.188. The third-order valence-corrected chi connectivity index (χ3v) is 4.03. The van der Waals surface area contributed by atoms with E-state index in [1.807, 2.05) is 0 Å². The predicted molar refractivity (Wildman–Crippen MR) is 88.3 cm³/mol. The number of aromatic amines is 1. The van der Waals surface area contributed by atoms with Gasteiger partial charge in [-0.05, 0) is 17.7 Å². The molecule has 0 saturated carbocycles. The van der Waals surface area contributed by atoms with Crippen molar-refractivity contribution < 1.29 is 13.2 Å². The van der Waals surface area contributed by atoms with Crippen LogP contribution in [0.2, 0.25) is 0 Å². The normalized spacial score (nSPS) is 13.6. The molecule has 3 aromatic rings. The fourth-order valence-corrected chi connectivity index (χ4v) is 2.81. The molecule has 26 heavy (non-hydrogen) atoms. The van der Waals surface area contributed by atoms with Crippen LogP contribution >= 0.6 is 0 Å². The molecule has 3 heterocycles. The molecule has 4 rings (SSSR count). The molecule has 1 aliphatic rings. The summed E-state index contributed by atoms with van der Waals surface area (Å²) in [5.74, 6) is 0.479. The van der Waals surface area contributed by atoms with E-state index in [0.29, 0.717) is 29.4 Å². The molecule has 0 unspecified atom stereocenters. The lowest BCUT2D eigenvalue weighted by atomic mass is 10.1. The van der Waals surface area contributed by atoms with Gasteiger partial charge in [-0.25, -0.2) is 4.98 Å². The zero-order chi connectivity index (χ0) is 18.3. The molecular formula is C16H13F3N6O. The van der Waals surface area contributed by atoms with E-state index in [1.165, 1.54) is 17.1 Å². The van der Waals surface area contributed by atoms with E-state index in [1.54, 1.807) is 23.4 Å². The van der Waals surface area contributed by atoms with Crippen LogP contribution < -0.4 is 15.8 Å². The van der Waals surface area contributed by atoms with Crippen LogP contribution in [0.5, 0.6) is 0 Å². The van der Waals surface area contributed by atoms with E-state index in [0.717, 1.165) is 12.1 Å². The van der Waals surface area contributed by atoms with Gasteiger partial charge in [-0.1, -0.05) is 12.1 Å². The molecule has 1 aliphatic heterocycles. The topological polar surface area (TPSA) is 78.8 Å². The zero-order valence-electron chi connectivity index (χ0n) is 13.3. The minimum atomic E-state index is -4.38. The Labute approximate surface area is 145 Å². The number of aromatic nitrogens is 4. The summed E-state index contributed by atoms with van der Waals surface area (Å²) in [7, 11) is 0. The number of halogens is 3.